The summed E-state index contributed by atoms with van der Waals surface area (Å²) in [5.41, 5.74) is 1.95. The van der Waals surface area contributed by atoms with Crippen LogP contribution in [0.2, 0.25) is 0 Å². The number of carbonyl (C=O) groups excluding carboxylic acids is 2. The van der Waals surface area contributed by atoms with E-state index >= 15 is 0 Å². The Morgan fingerprint density at radius 3 is 2.35 bits per heavy atom. The van der Waals surface area contributed by atoms with Crippen molar-refractivity contribution >= 4 is 11.9 Å². The van der Waals surface area contributed by atoms with Gasteiger partial charge in [-0.15, -0.1) is 0 Å². The maximum atomic E-state index is 12.0. The molecule has 1 aromatic heterocycles. The number of aryl methyl sites for hydroxylation is 1. The first-order valence-electron chi connectivity index (χ1n) is 6.91. The fourth-order valence-electron chi connectivity index (χ4n) is 1.92. The largest absolute Gasteiger partial charge is 0.462 e. The molecule has 20 heavy (non-hydrogen) atoms. The van der Waals surface area contributed by atoms with Gasteiger partial charge in [0.05, 0.1) is 18.8 Å². The van der Waals surface area contributed by atoms with Crippen molar-refractivity contribution in [3.8, 4) is 0 Å². The highest BCUT2D eigenvalue weighted by atomic mass is 16.5. The van der Waals surface area contributed by atoms with E-state index in [2.05, 4.69) is 18.8 Å². The molecule has 0 atom stereocenters. The zero-order chi connectivity index (χ0) is 15.3. The molecule has 0 aliphatic carbocycles. The van der Waals surface area contributed by atoms with Gasteiger partial charge in [0.25, 0.3) is 0 Å². The molecular weight excluding hydrogens is 258 g/mol. The third-order valence-corrected chi connectivity index (χ3v) is 3.05. The molecule has 5 nitrogen and oxygen atoms in total. The number of hydrogen-bond acceptors (Lipinski definition) is 4. The molecule has 0 aliphatic heterocycles. The van der Waals surface area contributed by atoms with Crippen LogP contribution in [0.5, 0.6) is 0 Å². The lowest BCUT2D eigenvalue weighted by atomic mass is 10.1. The molecule has 0 aliphatic rings. The van der Waals surface area contributed by atoms with Crippen LogP contribution in [0.4, 0.5) is 0 Å². The molecule has 0 spiro atoms. The summed E-state index contributed by atoms with van der Waals surface area (Å²) in [5, 5.41) is 0. The zero-order valence-electron chi connectivity index (χ0n) is 12.8. The number of H-pyrrole nitrogens is 1. The van der Waals surface area contributed by atoms with Gasteiger partial charge in [0, 0.05) is 5.69 Å². The van der Waals surface area contributed by atoms with Crippen molar-refractivity contribution in [3.63, 3.8) is 0 Å². The van der Waals surface area contributed by atoms with Crippen molar-refractivity contribution in [1.82, 2.24) is 4.98 Å². The highest BCUT2D eigenvalue weighted by Crippen LogP contribution is 2.20. The molecule has 0 fully saturated rings. The number of carbonyl (C=O) groups is 2. The summed E-state index contributed by atoms with van der Waals surface area (Å²) in [5.74, 6) is -0.369. The van der Waals surface area contributed by atoms with Crippen molar-refractivity contribution in [3.05, 3.63) is 22.5 Å². The van der Waals surface area contributed by atoms with Crippen LogP contribution in [-0.2, 0) is 9.47 Å². The van der Waals surface area contributed by atoms with Crippen LogP contribution in [0.1, 0.15) is 59.3 Å². The number of rotatable bonds is 6. The Morgan fingerprint density at radius 1 is 1.15 bits per heavy atom. The van der Waals surface area contributed by atoms with E-state index < -0.39 is 11.9 Å². The molecule has 1 heterocycles. The van der Waals surface area contributed by atoms with E-state index in [9.17, 15) is 9.59 Å². The van der Waals surface area contributed by atoms with E-state index in [1.807, 2.05) is 0 Å². The van der Waals surface area contributed by atoms with Gasteiger partial charge in [-0.25, -0.2) is 9.59 Å². The van der Waals surface area contributed by atoms with Gasteiger partial charge in [-0.3, -0.25) is 0 Å². The molecule has 1 aromatic rings. The number of nitrogens with one attached hydrogen (secondary N) is 1. The Labute approximate surface area is 119 Å². The number of ether oxygens (including phenoxy) is 2. The molecule has 0 bridgehead atoms. The molecule has 0 radical (unpaired) electrons. The fourth-order valence-corrected chi connectivity index (χ4v) is 1.92. The van der Waals surface area contributed by atoms with Crippen LogP contribution in [-0.4, -0.2) is 30.1 Å². The topological polar surface area (TPSA) is 68.4 Å². The highest BCUT2D eigenvalue weighted by Gasteiger charge is 2.23. The molecule has 1 N–H and O–H groups in total. The van der Waals surface area contributed by atoms with E-state index in [0.29, 0.717) is 41.6 Å². The lowest BCUT2D eigenvalue weighted by Crippen LogP contribution is -2.11. The number of aromatic nitrogens is 1. The maximum Gasteiger partial charge on any atom is 0.355 e. The maximum absolute atomic E-state index is 12.0. The second-order valence-electron chi connectivity index (χ2n) is 5.16. The average Bonchev–Trinajstić information content (AvgIpc) is 2.64. The lowest BCUT2D eigenvalue weighted by molar-refractivity contribution is 0.0481. The summed E-state index contributed by atoms with van der Waals surface area (Å²) >= 11 is 0. The van der Waals surface area contributed by atoms with Crippen molar-refractivity contribution in [2.45, 2.75) is 41.0 Å². The quantitative estimate of drug-likeness (QED) is 0.814. The van der Waals surface area contributed by atoms with Crippen molar-refractivity contribution in [2.24, 2.45) is 5.92 Å². The molecule has 1 rings (SSSR count). The van der Waals surface area contributed by atoms with E-state index in [-0.39, 0.29) is 0 Å². The summed E-state index contributed by atoms with van der Waals surface area (Å²) in [6, 6.07) is 0. The number of hydrogen-bond donors (Lipinski definition) is 1. The van der Waals surface area contributed by atoms with Crippen LogP contribution < -0.4 is 0 Å². The summed E-state index contributed by atoms with van der Waals surface area (Å²) in [4.78, 5) is 26.7. The summed E-state index contributed by atoms with van der Waals surface area (Å²) in [7, 11) is 0. The smallest absolute Gasteiger partial charge is 0.355 e. The summed E-state index contributed by atoms with van der Waals surface area (Å²) in [6.07, 6.45) is 0.815. The molecule has 0 unspecified atom stereocenters. The van der Waals surface area contributed by atoms with Gasteiger partial charge < -0.3 is 14.5 Å². The van der Waals surface area contributed by atoms with Gasteiger partial charge in [-0.05, 0) is 38.7 Å². The normalized spacial score (nSPS) is 10.7. The summed E-state index contributed by atoms with van der Waals surface area (Å²) < 4.78 is 10.2. The molecular formula is C15H23NO4. The van der Waals surface area contributed by atoms with Crippen molar-refractivity contribution < 1.29 is 19.1 Å². The first-order chi connectivity index (χ1) is 9.38. The average molecular weight is 281 g/mol. The second-order valence-corrected chi connectivity index (χ2v) is 5.16. The number of aromatic amines is 1. The predicted molar refractivity (Wildman–Crippen MR) is 76.0 cm³/mol. The molecule has 112 valence electrons. The van der Waals surface area contributed by atoms with E-state index in [4.69, 9.17) is 9.47 Å². The highest BCUT2D eigenvalue weighted by molar-refractivity contribution is 5.98. The second kappa shape index (κ2) is 7.12. The Kier molecular flexibility index (Phi) is 5.80. The Balaban J connectivity index is 2.84. The zero-order valence-corrected chi connectivity index (χ0v) is 12.8. The molecule has 0 aromatic carbocycles. The van der Waals surface area contributed by atoms with Crippen LogP contribution in [0.25, 0.3) is 0 Å². The Morgan fingerprint density at radius 2 is 1.80 bits per heavy atom. The van der Waals surface area contributed by atoms with Gasteiger partial charge in [0.1, 0.15) is 5.69 Å². The van der Waals surface area contributed by atoms with Crippen LogP contribution >= 0.6 is 0 Å². The van der Waals surface area contributed by atoms with Gasteiger partial charge in [0.2, 0.25) is 0 Å². The standard InChI is InChI=1S/C15H23NO4/c1-6-19-14(17)12-10(4)13(16-11(12)5)15(18)20-8-7-9(2)3/h9,16H,6-8H2,1-5H3. The van der Waals surface area contributed by atoms with E-state index in [1.165, 1.54) is 0 Å². The Hall–Kier alpha value is -1.78. The van der Waals surface area contributed by atoms with Gasteiger partial charge in [-0.2, -0.15) is 0 Å². The van der Waals surface area contributed by atoms with Gasteiger partial charge >= 0.3 is 11.9 Å². The lowest BCUT2D eigenvalue weighted by Gasteiger charge is -2.06. The van der Waals surface area contributed by atoms with E-state index in [1.54, 1.807) is 20.8 Å². The van der Waals surface area contributed by atoms with Crippen LogP contribution in [0.3, 0.4) is 0 Å². The number of esters is 2. The molecule has 5 heteroatoms. The molecule has 0 saturated heterocycles. The third kappa shape index (κ3) is 3.85. The van der Waals surface area contributed by atoms with E-state index in [0.717, 1.165) is 6.42 Å². The Bertz CT molecular complexity index is 488. The summed E-state index contributed by atoms with van der Waals surface area (Å²) in [6.45, 7) is 10.0. The van der Waals surface area contributed by atoms with Gasteiger partial charge in [0.15, 0.2) is 0 Å². The van der Waals surface area contributed by atoms with Crippen molar-refractivity contribution in [2.75, 3.05) is 13.2 Å². The molecule has 0 saturated carbocycles. The minimum Gasteiger partial charge on any atom is -0.462 e. The van der Waals surface area contributed by atoms with Crippen molar-refractivity contribution in [1.29, 1.82) is 0 Å². The first kappa shape index (κ1) is 16.3. The van der Waals surface area contributed by atoms with Crippen LogP contribution in [0, 0.1) is 19.8 Å². The minimum absolute atomic E-state index is 0.303. The van der Waals surface area contributed by atoms with Gasteiger partial charge in [-0.1, -0.05) is 13.8 Å². The third-order valence-electron chi connectivity index (χ3n) is 3.05. The monoisotopic (exact) mass is 281 g/mol. The predicted octanol–water partition coefficient (Wildman–Crippen LogP) is 3.01. The minimum atomic E-state index is -0.429. The van der Waals surface area contributed by atoms with Crippen LogP contribution in [0.15, 0.2) is 0 Å². The SMILES string of the molecule is CCOC(=O)c1c(C)[nH]c(C(=O)OCCC(C)C)c1C. The first-order valence-corrected chi connectivity index (χ1v) is 6.91. The molecule has 0 amide bonds. The fraction of sp³-hybridized carbons (Fsp3) is 0.600.